The average Bonchev–Trinajstić information content (AvgIpc) is 3.14. The third-order valence-electron chi connectivity index (χ3n) is 5.24. The van der Waals surface area contributed by atoms with Gasteiger partial charge in [-0.05, 0) is 55.8 Å². The lowest BCUT2D eigenvalue weighted by Gasteiger charge is -2.25. The summed E-state index contributed by atoms with van der Waals surface area (Å²) in [5.41, 5.74) is 4.00. The highest BCUT2D eigenvalue weighted by Crippen LogP contribution is 2.31. The van der Waals surface area contributed by atoms with Crippen molar-refractivity contribution >= 4 is 45.0 Å². The number of rotatable bonds is 8. The van der Waals surface area contributed by atoms with Crippen LogP contribution < -0.4 is 4.90 Å². The molecule has 0 aliphatic heterocycles. The van der Waals surface area contributed by atoms with Crippen LogP contribution in [0.1, 0.15) is 42.3 Å². The Bertz CT molecular complexity index is 952. The maximum Gasteiger partial charge on any atom is 0.260 e. The second kappa shape index (κ2) is 10.7. The molecule has 0 aliphatic rings. The number of carbonyl (C=O) groups excluding carboxylic acids is 1. The fraction of sp³-hybridized carbons (Fsp3) is 0.391. The highest BCUT2D eigenvalue weighted by molar-refractivity contribution is 7.22. The molecule has 4 nitrogen and oxygen atoms in total. The summed E-state index contributed by atoms with van der Waals surface area (Å²) in [6, 6.07) is 14.2. The third kappa shape index (κ3) is 5.35. The molecule has 3 aromatic rings. The number of anilines is 1. The Kier molecular flexibility index (Phi) is 8.62. The lowest BCUT2D eigenvalue weighted by atomic mass is 10.1. The standard InChI is InChI=1S/C23H29N3OS.ClH/c1-5-18-12-13-20-21(16-18)28-23(24-20)26(15-14-25(6-2)7-3)22(27)19-11-9-8-10-17(19)4;/h8-13,16H,5-7,14-15H2,1-4H3;1H. The number of halogens is 1. The minimum absolute atomic E-state index is 0. The monoisotopic (exact) mass is 431 g/mol. The SMILES string of the molecule is CCc1ccc2nc(N(CCN(CC)CC)C(=O)c3ccccc3C)sc2c1.Cl. The molecule has 0 fully saturated rings. The van der Waals surface area contributed by atoms with E-state index < -0.39 is 0 Å². The summed E-state index contributed by atoms with van der Waals surface area (Å²) in [5, 5.41) is 0.781. The summed E-state index contributed by atoms with van der Waals surface area (Å²) >= 11 is 1.61. The molecule has 0 bridgehead atoms. The van der Waals surface area contributed by atoms with Crippen molar-refractivity contribution < 1.29 is 4.79 Å². The molecule has 6 heteroatoms. The van der Waals surface area contributed by atoms with Crippen LogP contribution in [0.4, 0.5) is 5.13 Å². The number of carbonyl (C=O) groups is 1. The van der Waals surface area contributed by atoms with Gasteiger partial charge in [-0.15, -0.1) is 12.4 Å². The molecular formula is C23H30ClN3OS. The molecule has 3 rings (SSSR count). The van der Waals surface area contributed by atoms with Gasteiger partial charge in [0.25, 0.3) is 5.91 Å². The summed E-state index contributed by atoms with van der Waals surface area (Å²) in [4.78, 5) is 22.4. The first kappa shape index (κ1) is 23.3. The Labute approximate surface area is 184 Å². The summed E-state index contributed by atoms with van der Waals surface area (Å²) in [6.07, 6.45) is 0.997. The van der Waals surface area contributed by atoms with Gasteiger partial charge in [0.2, 0.25) is 0 Å². The molecule has 29 heavy (non-hydrogen) atoms. The second-order valence-electron chi connectivity index (χ2n) is 6.95. The second-order valence-corrected chi connectivity index (χ2v) is 7.96. The molecule has 1 aromatic heterocycles. The minimum atomic E-state index is 0. The number of aromatic nitrogens is 1. The number of amides is 1. The van der Waals surface area contributed by atoms with Gasteiger partial charge < -0.3 is 4.90 Å². The maximum atomic E-state index is 13.4. The Balaban J connectivity index is 0.00000300. The minimum Gasteiger partial charge on any atom is -0.302 e. The predicted octanol–water partition coefficient (Wildman–Crippen LogP) is 5.58. The van der Waals surface area contributed by atoms with E-state index in [1.165, 1.54) is 5.56 Å². The van der Waals surface area contributed by atoms with Gasteiger partial charge in [0.05, 0.1) is 10.2 Å². The number of likely N-dealkylation sites (N-methyl/N-ethyl adjacent to an activating group) is 1. The zero-order valence-electron chi connectivity index (χ0n) is 17.6. The lowest BCUT2D eigenvalue weighted by Crippen LogP contribution is -2.39. The lowest BCUT2D eigenvalue weighted by molar-refractivity contribution is 0.0983. The molecule has 0 N–H and O–H groups in total. The number of thiazole rings is 1. The van der Waals surface area contributed by atoms with Crippen molar-refractivity contribution in [2.24, 2.45) is 0 Å². The molecule has 1 amide bonds. The Morgan fingerprint density at radius 2 is 1.76 bits per heavy atom. The van der Waals surface area contributed by atoms with Crippen molar-refractivity contribution in [3.63, 3.8) is 0 Å². The van der Waals surface area contributed by atoms with Crippen LogP contribution in [0, 0.1) is 6.92 Å². The number of nitrogens with zero attached hydrogens (tertiary/aromatic N) is 3. The van der Waals surface area contributed by atoms with Crippen LogP contribution in [0.2, 0.25) is 0 Å². The maximum absolute atomic E-state index is 13.4. The van der Waals surface area contributed by atoms with Crippen molar-refractivity contribution in [2.45, 2.75) is 34.1 Å². The molecule has 0 radical (unpaired) electrons. The van der Waals surface area contributed by atoms with Gasteiger partial charge in [0.1, 0.15) is 0 Å². The first-order valence-electron chi connectivity index (χ1n) is 10.1. The van der Waals surface area contributed by atoms with Gasteiger partial charge in [0.15, 0.2) is 5.13 Å². The van der Waals surface area contributed by atoms with Crippen LogP contribution in [-0.4, -0.2) is 42.0 Å². The normalized spacial score (nSPS) is 10.9. The van der Waals surface area contributed by atoms with Crippen molar-refractivity contribution in [1.29, 1.82) is 0 Å². The zero-order valence-corrected chi connectivity index (χ0v) is 19.3. The van der Waals surface area contributed by atoms with Gasteiger partial charge in [-0.25, -0.2) is 4.98 Å². The van der Waals surface area contributed by atoms with Gasteiger partial charge in [-0.1, -0.05) is 56.4 Å². The van der Waals surface area contributed by atoms with Crippen LogP contribution in [0.15, 0.2) is 42.5 Å². The third-order valence-corrected chi connectivity index (χ3v) is 6.28. The molecule has 0 atom stereocenters. The van der Waals surface area contributed by atoms with Gasteiger partial charge in [-0.3, -0.25) is 9.69 Å². The van der Waals surface area contributed by atoms with E-state index in [1.54, 1.807) is 11.3 Å². The van der Waals surface area contributed by atoms with Crippen LogP contribution in [0.5, 0.6) is 0 Å². The van der Waals surface area contributed by atoms with Crippen molar-refractivity contribution in [3.05, 3.63) is 59.2 Å². The average molecular weight is 432 g/mol. The molecule has 0 unspecified atom stereocenters. The predicted molar refractivity (Wildman–Crippen MR) is 127 cm³/mol. The molecule has 2 aromatic carbocycles. The van der Waals surface area contributed by atoms with E-state index in [-0.39, 0.29) is 18.3 Å². The summed E-state index contributed by atoms with van der Waals surface area (Å²) in [6.45, 7) is 11.9. The van der Waals surface area contributed by atoms with E-state index in [2.05, 4.69) is 43.9 Å². The number of fused-ring (bicyclic) bond motifs is 1. The highest BCUT2D eigenvalue weighted by Gasteiger charge is 2.23. The molecule has 0 saturated carbocycles. The van der Waals surface area contributed by atoms with Crippen LogP contribution in [0.25, 0.3) is 10.2 Å². The number of hydrogen-bond donors (Lipinski definition) is 0. The fourth-order valence-corrected chi connectivity index (χ4v) is 4.37. The number of hydrogen-bond acceptors (Lipinski definition) is 4. The molecule has 0 aliphatic carbocycles. The summed E-state index contributed by atoms with van der Waals surface area (Å²) in [5.74, 6) is 0.0278. The quantitative estimate of drug-likeness (QED) is 0.467. The summed E-state index contributed by atoms with van der Waals surface area (Å²) < 4.78 is 1.14. The Hall–Kier alpha value is -1.95. The molecule has 0 saturated heterocycles. The van der Waals surface area contributed by atoms with E-state index in [0.717, 1.165) is 52.5 Å². The van der Waals surface area contributed by atoms with E-state index in [4.69, 9.17) is 4.98 Å². The highest BCUT2D eigenvalue weighted by atomic mass is 35.5. The first-order valence-corrected chi connectivity index (χ1v) is 10.9. The molecule has 0 spiro atoms. The number of aryl methyl sites for hydroxylation is 2. The van der Waals surface area contributed by atoms with E-state index >= 15 is 0 Å². The first-order chi connectivity index (χ1) is 13.6. The van der Waals surface area contributed by atoms with E-state index in [0.29, 0.717) is 6.54 Å². The zero-order chi connectivity index (χ0) is 20.1. The van der Waals surface area contributed by atoms with Gasteiger partial charge in [-0.2, -0.15) is 0 Å². The van der Waals surface area contributed by atoms with Crippen LogP contribution >= 0.6 is 23.7 Å². The smallest absolute Gasteiger partial charge is 0.260 e. The fourth-order valence-electron chi connectivity index (χ4n) is 3.32. The van der Waals surface area contributed by atoms with Crippen LogP contribution in [0.3, 0.4) is 0 Å². The van der Waals surface area contributed by atoms with Crippen LogP contribution in [-0.2, 0) is 6.42 Å². The largest absolute Gasteiger partial charge is 0.302 e. The number of benzene rings is 2. The Morgan fingerprint density at radius 1 is 1.03 bits per heavy atom. The summed E-state index contributed by atoms with van der Waals surface area (Å²) in [7, 11) is 0. The molecular weight excluding hydrogens is 402 g/mol. The van der Waals surface area contributed by atoms with Crippen molar-refractivity contribution in [3.8, 4) is 0 Å². The van der Waals surface area contributed by atoms with Crippen molar-refractivity contribution in [1.82, 2.24) is 9.88 Å². The molecule has 156 valence electrons. The van der Waals surface area contributed by atoms with Gasteiger partial charge in [0, 0.05) is 18.7 Å². The molecule has 1 heterocycles. The van der Waals surface area contributed by atoms with Crippen molar-refractivity contribution in [2.75, 3.05) is 31.1 Å². The topological polar surface area (TPSA) is 36.4 Å². The van der Waals surface area contributed by atoms with Gasteiger partial charge >= 0.3 is 0 Å². The van der Waals surface area contributed by atoms with E-state index in [9.17, 15) is 4.79 Å². The Morgan fingerprint density at radius 3 is 2.41 bits per heavy atom. The van der Waals surface area contributed by atoms with E-state index in [1.807, 2.05) is 36.1 Å².